The number of hydrogen-bond acceptors (Lipinski definition) is 2. The first-order valence-corrected chi connectivity index (χ1v) is 8.03. The zero-order valence-corrected chi connectivity index (χ0v) is 14.0. The van der Waals surface area contributed by atoms with Crippen molar-refractivity contribution in [1.82, 2.24) is 14.8 Å². The highest BCUT2D eigenvalue weighted by molar-refractivity contribution is 5.56. The van der Waals surface area contributed by atoms with Crippen LogP contribution in [0.15, 0.2) is 54.6 Å². The Bertz CT molecular complexity index is 835. The third-order valence-corrected chi connectivity index (χ3v) is 3.74. The predicted molar refractivity (Wildman–Crippen MR) is 90.3 cm³/mol. The molecule has 1 aromatic heterocycles. The molecule has 0 radical (unpaired) electrons. The Hall–Kier alpha value is -2.63. The Kier molecular flexibility index (Phi) is 4.61. The van der Waals surface area contributed by atoms with Gasteiger partial charge in [0.25, 0.3) is 0 Å². The third-order valence-electron chi connectivity index (χ3n) is 3.74. The molecule has 0 bridgehead atoms. The van der Waals surface area contributed by atoms with Gasteiger partial charge < -0.3 is 0 Å². The average Bonchev–Trinajstić information content (AvgIpc) is 2.98. The molecule has 0 unspecified atom stereocenters. The fourth-order valence-electron chi connectivity index (χ4n) is 2.55. The lowest BCUT2D eigenvalue weighted by atomic mass is 10.1. The van der Waals surface area contributed by atoms with E-state index in [9.17, 15) is 13.2 Å². The molecule has 0 atom stereocenters. The van der Waals surface area contributed by atoms with Crippen LogP contribution < -0.4 is 0 Å². The Labute approximate surface area is 144 Å². The van der Waals surface area contributed by atoms with Crippen LogP contribution in [0.4, 0.5) is 13.2 Å². The molecule has 0 saturated heterocycles. The highest BCUT2D eigenvalue weighted by Gasteiger charge is 2.30. The Morgan fingerprint density at radius 2 is 1.60 bits per heavy atom. The number of para-hydroxylation sites is 1. The summed E-state index contributed by atoms with van der Waals surface area (Å²) in [7, 11) is 0. The largest absolute Gasteiger partial charge is 0.416 e. The molecule has 130 valence electrons. The van der Waals surface area contributed by atoms with Crippen LogP contribution in [-0.4, -0.2) is 14.8 Å². The van der Waals surface area contributed by atoms with Gasteiger partial charge >= 0.3 is 6.18 Å². The van der Waals surface area contributed by atoms with E-state index in [0.29, 0.717) is 17.3 Å². The second kappa shape index (κ2) is 6.70. The number of aromatic nitrogens is 3. The van der Waals surface area contributed by atoms with Gasteiger partial charge in [-0.05, 0) is 30.2 Å². The van der Waals surface area contributed by atoms with Gasteiger partial charge in [-0.1, -0.05) is 44.2 Å². The van der Waals surface area contributed by atoms with Crippen molar-refractivity contribution >= 4 is 0 Å². The number of hydrogen-bond donors (Lipinski definition) is 0. The highest BCUT2D eigenvalue weighted by Crippen LogP contribution is 2.30. The van der Waals surface area contributed by atoms with Crippen molar-refractivity contribution in [2.24, 2.45) is 5.92 Å². The Balaban J connectivity index is 2.01. The molecule has 25 heavy (non-hydrogen) atoms. The van der Waals surface area contributed by atoms with Crippen molar-refractivity contribution in [1.29, 1.82) is 0 Å². The van der Waals surface area contributed by atoms with E-state index in [4.69, 9.17) is 0 Å². The minimum atomic E-state index is -4.35. The van der Waals surface area contributed by atoms with E-state index in [1.807, 2.05) is 30.3 Å². The lowest BCUT2D eigenvalue weighted by molar-refractivity contribution is -0.137. The van der Waals surface area contributed by atoms with Gasteiger partial charge in [-0.25, -0.2) is 9.67 Å². The molecular formula is C19H18F3N3. The van der Waals surface area contributed by atoms with Crippen LogP contribution >= 0.6 is 0 Å². The van der Waals surface area contributed by atoms with Gasteiger partial charge in [-0.3, -0.25) is 0 Å². The summed E-state index contributed by atoms with van der Waals surface area (Å²) < 4.78 is 39.9. The van der Waals surface area contributed by atoms with Crippen molar-refractivity contribution in [3.63, 3.8) is 0 Å². The summed E-state index contributed by atoms with van der Waals surface area (Å²) in [6.45, 7) is 4.17. The summed E-state index contributed by atoms with van der Waals surface area (Å²) >= 11 is 0. The highest BCUT2D eigenvalue weighted by atomic mass is 19.4. The first-order valence-electron chi connectivity index (χ1n) is 8.03. The van der Waals surface area contributed by atoms with Gasteiger partial charge in [-0.2, -0.15) is 13.2 Å². The van der Waals surface area contributed by atoms with Crippen LogP contribution in [0, 0.1) is 5.92 Å². The van der Waals surface area contributed by atoms with Crippen LogP contribution in [0.25, 0.3) is 17.1 Å². The molecule has 0 aliphatic rings. The SMILES string of the molecule is CC(C)Cc1nc(-c2ccc(C(F)(F)F)cc2)nn1-c1ccccc1. The lowest BCUT2D eigenvalue weighted by Crippen LogP contribution is -2.06. The number of alkyl halides is 3. The van der Waals surface area contributed by atoms with Crippen molar-refractivity contribution in [3.05, 3.63) is 66.0 Å². The smallest absolute Gasteiger partial charge is 0.217 e. The molecule has 0 fully saturated rings. The van der Waals surface area contributed by atoms with Gasteiger partial charge in [0.2, 0.25) is 0 Å². The zero-order chi connectivity index (χ0) is 18.0. The van der Waals surface area contributed by atoms with Crippen LogP contribution in [0.3, 0.4) is 0 Å². The Morgan fingerprint density at radius 3 is 2.16 bits per heavy atom. The Morgan fingerprint density at radius 1 is 0.960 bits per heavy atom. The summed E-state index contributed by atoms with van der Waals surface area (Å²) in [6, 6.07) is 14.5. The minimum absolute atomic E-state index is 0.382. The average molecular weight is 345 g/mol. The van der Waals surface area contributed by atoms with Gasteiger partial charge in [0.1, 0.15) is 5.82 Å². The van der Waals surface area contributed by atoms with Gasteiger partial charge in [0, 0.05) is 12.0 Å². The molecule has 0 amide bonds. The molecule has 0 aliphatic heterocycles. The molecule has 2 aromatic carbocycles. The second-order valence-corrected chi connectivity index (χ2v) is 6.27. The van der Waals surface area contributed by atoms with Gasteiger partial charge in [-0.15, -0.1) is 5.10 Å². The maximum absolute atomic E-state index is 12.7. The third kappa shape index (κ3) is 3.90. The first kappa shape index (κ1) is 17.2. The van der Waals surface area contributed by atoms with E-state index in [2.05, 4.69) is 23.9 Å². The summed E-state index contributed by atoms with van der Waals surface area (Å²) in [5, 5.41) is 4.52. The number of halogens is 3. The van der Waals surface area contributed by atoms with Crippen LogP contribution in [0.1, 0.15) is 25.2 Å². The van der Waals surface area contributed by atoms with E-state index in [1.54, 1.807) is 4.68 Å². The summed E-state index contributed by atoms with van der Waals surface area (Å²) in [5.74, 6) is 1.59. The van der Waals surface area contributed by atoms with Crippen molar-refractivity contribution < 1.29 is 13.2 Å². The standard InChI is InChI=1S/C19H18F3N3/c1-13(2)12-17-23-18(24-25(17)16-6-4-3-5-7-16)14-8-10-15(11-9-14)19(20,21)22/h3-11,13H,12H2,1-2H3. The molecule has 0 N–H and O–H groups in total. The predicted octanol–water partition coefficient (Wildman–Crippen LogP) is 5.15. The van der Waals surface area contributed by atoms with Crippen molar-refractivity contribution in [3.8, 4) is 17.1 Å². The maximum Gasteiger partial charge on any atom is 0.416 e. The van der Waals surface area contributed by atoms with Crippen molar-refractivity contribution in [2.75, 3.05) is 0 Å². The van der Waals surface area contributed by atoms with E-state index in [-0.39, 0.29) is 0 Å². The minimum Gasteiger partial charge on any atom is -0.217 e. The number of benzene rings is 2. The van der Waals surface area contributed by atoms with Crippen LogP contribution in [0.5, 0.6) is 0 Å². The molecule has 3 aromatic rings. The fourth-order valence-corrected chi connectivity index (χ4v) is 2.55. The van der Waals surface area contributed by atoms with Gasteiger partial charge in [0.15, 0.2) is 5.82 Å². The molecule has 6 heteroatoms. The first-order chi connectivity index (χ1) is 11.8. The fraction of sp³-hybridized carbons (Fsp3) is 0.263. The van der Waals surface area contributed by atoms with Crippen molar-refractivity contribution in [2.45, 2.75) is 26.4 Å². The maximum atomic E-state index is 12.7. The molecule has 3 nitrogen and oxygen atoms in total. The van der Waals surface area contributed by atoms with Crippen LogP contribution in [-0.2, 0) is 12.6 Å². The monoisotopic (exact) mass is 345 g/mol. The molecule has 0 spiro atoms. The topological polar surface area (TPSA) is 30.7 Å². The van der Waals surface area contributed by atoms with E-state index < -0.39 is 11.7 Å². The summed E-state index contributed by atoms with van der Waals surface area (Å²) in [4.78, 5) is 4.56. The summed E-state index contributed by atoms with van der Waals surface area (Å²) in [5.41, 5.74) is 0.762. The van der Waals surface area contributed by atoms with E-state index in [1.165, 1.54) is 12.1 Å². The molecule has 1 heterocycles. The normalized spacial score (nSPS) is 11.9. The van der Waals surface area contributed by atoms with Gasteiger partial charge in [0.05, 0.1) is 11.3 Å². The lowest BCUT2D eigenvalue weighted by Gasteiger charge is -2.07. The molecule has 3 rings (SSSR count). The molecule has 0 aliphatic carbocycles. The number of rotatable bonds is 4. The van der Waals surface area contributed by atoms with Crippen LogP contribution in [0.2, 0.25) is 0 Å². The second-order valence-electron chi connectivity index (χ2n) is 6.27. The summed E-state index contributed by atoms with van der Waals surface area (Å²) in [6.07, 6.45) is -3.62. The van der Waals surface area contributed by atoms with E-state index in [0.717, 1.165) is 30.1 Å². The zero-order valence-electron chi connectivity index (χ0n) is 14.0. The van der Waals surface area contributed by atoms with E-state index >= 15 is 0 Å². The molecular weight excluding hydrogens is 327 g/mol. The number of nitrogens with zero attached hydrogens (tertiary/aromatic N) is 3. The quantitative estimate of drug-likeness (QED) is 0.654. The molecule has 0 saturated carbocycles.